The van der Waals surface area contributed by atoms with Gasteiger partial charge in [-0.2, -0.15) is 15.2 Å². The van der Waals surface area contributed by atoms with Crippen molar-refractivity contribution < 1.29 is 9.37 Å². The highest BCUT2D eigenvalue weighted by Gasteiger charge is 2.23. The molecule has 0 spiro atoms. The van der Waals surface area contributed by atoms with E-state index >= 15 is 0 Å². The molecule has 162 valence electrons. The second-order valence-electron chi connectivity index (χ2n) is 7.95. The molecule has 1 aromatic carbocycles. The number of aryl methyl sites for hydroxylation is 1. The van der Waals surface area contributed by atoms with Crippen LogP contribution in [0.4, 0.5) is 10.6 Å². The largest absolute Gasteiger partial charge is 0.490 e. The normalized spacial score (nSPS) is 16.6. The number of benzene rings is 1. The fourth-order valence-corrected chi connectivity index (χ4v) is 3.96. The van der Waals surface area contributed by atoms with Crippen molar-refractivity contribution >= 4 is 29.7 Å². The van der Waals surface area contributed by atoms with Crippen LogP contribution in [0.25, 0.3) is 0 Å². The van der Waals surface area contributed by atoms with Gasteiger partial charge in [-0.25, -0.2) is 9.89 Å². The Morgan fingerprint density at radius 3 is 3.06 bits per heavy atom. The lowest BCUT2D eigenvalue weighted by Crippen LogP contribution is -2.36. The quantitative estimate of drug-likeness (QED) is 0.544. The second kappa shape index (κ2) is 10.9. The van der Waals surface area contributed by atoms with Gasteiger partial charge in [0, 0.05) is 24.5 Å². The minimum Gasteiger partial charge on any atom is -0.354 e. The summed E-state index contributed by atoms with van der Waals surface area (Å²) in [6, 6.07) is 9.53. The molecule has 1 aromatic heterocycles. The molecule has 8 heteroatoms. The van der Waals surface area contributed by atoms with Crippen molar-refractivity contribution in [2.75, 3.05) is 25.0 Å². The first-order valence-electron chi connectivity index (χ1n) is 10.5. The average molecular weight is 440 g/mol. The Hall–Kier alpha value is -2.98. The monoisotopic (exact) mass is 439 g/mol. The predicted molar refractivity (Wildman–Crippen MR) is 122 cm³/mol. The van der Waals surface area contributed by atoms with Gasteiger partial charge in [0.15, 0.2) is 5.82 Å². The Bertz CT molecular complexity index is 1000. The van der Waals surface area contributed by atoms with Gasteiger partial charge >= 0.3 is 6.03 Å². The summed E-state index contributed by atoms with van der Waals surface area (Å²) in [5.41, 5.74) is 2.58. The van der Waals surface area contributed by atoms with Crippen LogP contribution >= 0.6 is 11.6 Å². The number of halogens is 1. The molecular weight excluding hydrogens is 412 g/mol. The molecule has 0 bridgehead atoms. The molecule has 0 radical (unpaired) electrons. The number of carbonyl (C=O) groups is 1. The van der Waals surface area contributed by atoms with Crippen LogP contribution in [0.2, 0.25) is 5.02 Å². The summed E-state index contributed by atoms with van der Waals surface area (Å²) >= 11 is 6.05. The molecule has 1 aliphatic rings. The molecule has 2 amide bonds. The lowest BCUT2D eigenvalue weighted by molar-refractivity contribution is -0.390. The lowest BCUT2D eigenvalue weighted by Gasteiger charge is -2.33. The van der Waals surface area contributed by atoms with Gasteiger partial charge in [0.05, 0.1) is 25.0 Å². The first-order valence-corrected chi connectivity index (χ1v) is 10.9. The summed E-state index contributed by atoms with van der Waals surface area (Å²) in [6.07, 6.45) is 7.47. The fraction of sp³-hybridized carbons (Fsp3) is 0.435. The number of rotatable bonds is 6. The van der Waals surface area contributed by atoms with Crippen LogP contribution in [-0.2, 0) is 6.54 Å². The van der Waals surface area contributed by atoms with Gasteiger partial charge < -0.3 is 4.90 Å². The van der Waals surface area contributed by atoms with Crippen molar-refractivity contribution in [2.24, 2.45) is 5.92 Å². The molecule has 0 aliphatic carbocycles. The van der Waals surface area contributed by atoms with Gasteiger partial charge in [-0.1, -0.05) is 23.7 Å². The number of amides is 2. The number of carbonyl (C=O) groups excluding carboxylic acids is 1. The van der Waals surface area contributed by atoms with Crippen molar-refractivity contribution in [3.8, 4) is 6.07 Å². The van der Waals surface area contributed by atoms with Crippen molar-refractivity contribution in [2.45, 2.75) is 39.2 Å². The third-order valence-corrected chi connectivity index (χ3v) is 6.03. The minimum absolute atomic E-state index is 0.129. The fourth-order valence-electron chi connectivity index (χ4n) is 3.84. The number of anilines is 1. The summed E-state index contributed by atoms with van der Waals surface area (Å²) < 4.78 is 1.61. The van der Waals surface area contributed by atoms with E-state index in [4.69, 9.17) is 11.6 Å². The van der Waals surface area contributed by atoms with Crippen LogP contribution in [0.5, 0.6) is 0 Å². The molecule has 1 aliphatic heterocycles. The summed E-state index contributed by atoms with van der Waals surface area (Å²) in [5.74, 6) is 1.17. The van der Waals surface area contributed by atoms with Crippen LogP contribution in [-0.4, -0.2) is 47.2 Å². The second-order valence-corrected chi connectivity index (χ2v) is 8.35. The summed E-state index contributed by atoms with van der Waals surface area (Å²) in [7, 11) is 1.77. The number of nitrogens with one attached hydrogen (secondary N) is 1. The number of hydrogen-bond donors (Lipinski definition) is 1. The van der Waals surface area contributed by atoms with Gasteiger partial charge in [-0.3, -0.25) is 0 Å². The maximum Gasteiger partial charge on any atom is 0.490 e. The molecule has 1 atom stereocenters. The number of nitrogens with zero attached hydrogens (tertiary/aromatic N) is 5. The maximum atomic E-state index is 12.4. The Balaban J connectivity index is 1.48. The van der Waals surface area contributed by atoms with Gasteiger partial charge in [-0.05, 0) is 55.4 Å². The molecule has 3 rings (SSSR count). The van der Waals surface area contributed by atoms with Crippen LogP contribution in [0.1, 0.15) is 42.4 Å². The third-order valence-electron chi connectivity index (χ3n) is 5.60. The third kappa shape index (κ3) is 6.25. The standard InChI is InChI=1S/C23H27ClN6O/c1-17-13-19(7-8-21(17)24)15-26-23(31)29(2)11-3-5-18-6-4-12-30(16-18)22-20(14-25)9-10-27-28-22/h7-11,13,18H,3-6,12,15-16H2,1-2H3/p+1/b29-11-. The minimum atomic E-state index is -0.129. The smallest absolute Gasteiger partial charge is 0.354 e. The van der Waals surface area contributed by atoms with E-state index in [-0.39, 0.29) is 6.03 Å². The van der Waals surface area contributed by atoms with E-state index in [0.717, 1.165) is 54.9 Å². The lowest BCUT2D eigenvalue weighted by atomic mass is 9.93. The molecular formula is C23H28ClN6O+. The molecule has 1 fully saturated rings. The molecule has 7 nitrogen and oxygen atoms in total. The molecule has 0 saturated carbocycles. The summed E-state index contributed by atoms with van der Waals surface area (Å²) in [5, 5.41) is 21.1. The number of piperidine rings is 1. The van der Waals surface area contributed by atoms with E-state index in [2.05, 4.69) is 26.5 Å². The number of urea groups is 1. The van der Waals surface area contributed by atoms with Gasteiger partial charge in [0.1, 0.15) is 12.6 Å². The van der Waals surface area contributed by atoms with Crippen LogP contribution in [0.3, 0.4) is 0 Å². The summed E-state index contributed by atoms with van der Waals surface area (Å²) in [6.45, 7) is 4.16. The number of nitriles is 1. The van der Waals surface area contributed by atoms with Crippen molar-refractivity contribution in [3.63, 3.8) is 0 Å². The van der Waals surface area contributed by atoms with E-state index in [1.54, 1.807) is 23.9 Å². The van der Waals surface area contributed by atoms with Crippen molar-refractivity contribution in [3.05, 3.63) is 52.2 Å². The molecule has 1 N–H and O–H groups in total. The van der Waals surface area contributed by atoms with E-state index in [9.17, 15) is 10.1 Å². The van der Waals surface area contributed by atoms with Crippen LogP contribution < -0.4 is 10.2 Å². The van der Waals surface area contributed by atoms with E-state index in [0.29, 0.717) is 23.8 Å². The summed E-state index contributed by atoms with van der Waals surface area (Å²) in [4.78, 5) is 14.5. The van der Waals surface area contributed by atoms with Crippen molar-refractivity contribution in [1.29, 1.82) is 5.26 Å². The topological polar surface area (TPSA) is 84.9 Å². The SMILES string of the molecule is Cc1cc(CNC(=O)/[N+](C)=C\CCC2CCCN(c3nnccc3C#N)C2)ccc1Cl. The number of aromatic nitrogens is 2. The van der Waals surface area contributed by atoms with Crippen molar-refractivity contribution in [1.82, 2.24) is 15.5 Å². The molecule has 2 aromatic rings. The zero-order valence-corrected chi connectivity index (χ0v) is 18.8. The van der Waals surface area contributed by atoms with Crippen LogP contribution in [0, 0.1) is 24.2 Å². The van der Waals surface area contributed by atoms with Crippen LogP contribution in [0.15, 0.2) is 30.5 Å². The maximum absolute atomic E-state index is 12.4. The molecule has 1 saturated heterocycles. The van der Waals surface area contributed by atoms with E-state index < -0.39 is 0 Å². The zero-order valence-electron chi connectivity index (χ0n) is 18.0. The first-order chi connectivity index (χ1) is 15.0. The van der Waals surface area contributed by atoms with Gasteiger partial charge in [-0.15, -0.1) is 5.10 Å². The molecule has 2 heterocycles. The Kier molecular flexibility index (Phi) is 7.96. The van der Waals surface area contributed by atoms with Gasteiger partial charge in [0.2, 0.25) is 0 Å². The average Bonchev–Trinajstić information content (AvgIpc) is 2.79. The zero-order chi connectivity index (χ0) is 22.2. The Morgan fingerprint density at radius 1 is 1.45 bits per heavy atom. The Labute approximate surface area is 188 Å². The highest BCUT2D eigenvalue weighted by Crippen LogP contribution is 2.25. The predicted octanol–water partition coefficient (Wildman–Crippen LogP) is 3.93. The molecule has 31 heavy (non-hydrogen) atoms. The van der Waals surface area contributed by atoms with Gasteiger partial charge in [0.25, 0.3) is 0 Å². The highest BCUT2D eigenvalue weighted by molar-refractivity contribution is 6.31. The van der Waals surface area contributed by atoms with E-state index in [1.807, 2.05) is 31.3 Å². The molecule has 1 unspecified atom stereocenters. The number of hydrogen-bond acceptors (Lipinski definition) is 5. The Morgan fingerprint density at radius 2 is 2.29 bits per heavy atom. The first kappa shape index (κ1) is 22.7. The van der Waals surface area contributed by atoms with E-state index in [1.165, 1.54) is 0 Å². The highest BCUT2D eigenvalue weighted by atomic mass is 35.5.